The van der Waals surface area contributed by atoms with E-state index in [4.69, 9.17) is 11.5 Å². The summed E-state index contributed by atoms with van der Waals surface area (Å²) in [6.07, 6.45) is 1.53. The summed E-state index contributed by atoms with van der Waals surface area (Å²) in [5.41, 5.74) is 15.4. The molecule has 10 heteroatoms. The minimum Gasteiger partial charge on any atom is -0.369 e. The summed E-state index contributed by atoms with van der Waals surface area (Å²) in [7, 11) is -3.95. The Morgan fingerprint density at radius 1 is 1.19 bits per heavy atom. The van der Waals surface area contributed by atoms with Gasteiger partial charge in [-0.15, -0.1) is 15.7 Å². The Balaban J connectivity index is 1.80. The van der Waals surface area contributed by atoms with E-state index in [1.807, 2.05) is 31.4 Å². The zero-order valence-corrected chi connectivity index (χ0v) is 18.5. The quantitative estimate of drug-likeness (QED) is 0.295. The molecule has 0 saturated carbocycles. The number of nitrogens with one attached hydrogen (secondary N) is 1. The summed E-state index contributed by atoms with van der Waals surface area (Å²) < 4.78 is 27.2. The van der Waals surface area contributed by atoms with Crippen LogP contribution in [0.15, 0.2) is 63.3 Å². The number of nitrogens with two attached hydrogens (primary N) is 2. The second-order valence-corrected chi connectivity index (χ2v) is 9.15. The highest BCUT2D eigenvalue weighted by Crippen LogP contribution is 2.28. The van der Waals surface area contributed by atoms with Crippen molar-refractivity contribution < 1.29 is 8.42 Å². The van der Waals surface area contributed by atoms with Gasteiger partial charge in [-0.05, 0) is 43.7 Å². The van der Waals surface area contributed by atoms with Gasteiger partial charge in [0.05, 0.1) is 10.6 Å². The van der Waals surface area contributed by atoms with E-state index in [9.17, 15) is 13.7 Å². The molecule has 3 aromatic rings. The van der Waals surface area contributed by atoms with Crippen LogP contribution in [-0.2, 0) is 10.0 Å². The molecule has 0 bridgehead atoms. The number of rotatable bonds is 6. The minimum atomic E-state index is -3.95. The number of nitrogens with zero attached hydrogens (tertiary/aromatic N) is 3. The standard InChI is InChI=1S/C21H20N6O2S2/c1-13-3-8-18(14(2)9-13)19-12-30-20(26-19)15(10-22)11-25-16-4-6-17(7-5-16)31(28,29)27-21(23)24/h3-9,11-12,25H,1-2H3,(H4,23,24,27)/b15-11+. The van der Waals surface area contributed by atoms with Crippen molar-refractivity contribution in [3.8, 4) is 17.3 Å². The lowest BCUT2D eigenvalue weighted by atomic mass is 10.0. The summed E-state index contributed by atoms with van der Waals surface area (Å²) in [6, 6.07) is 14.1. The van der Waals surface area contributed by atoms with Crippen molar-refractivity contribution in [1.29, 1.82) is 5.26 Å². The van der Waals surface area contributed by atoms with Gasteiger partial charge >= 0.3 is 0 Å². The van der Waals surface area contributed by atoms with E-state index < -0.39 is 16.0 Å². The summed E-state index contributed by atoms with van der Waals surface area (Å²) in [4.78, 5) is 4.55. The summed E-state index contributed by atoms with van der Waals surface area (Å²) in [5.74, 6) is -0.535. The molecule has 0 atom stereocenters. The molecule has 1 aromatic heterocycles. The summed E-state index contributed by atoms with van der Waals surface area (Å²) in [6.45, 7) is 4.06. The van der Waals surface area contributed by atoms with Crippen LogP contribution in [0.4, 0.5) is 5.69 Å². The van der Waals surface area contributed by atoms with Gasteiger partial charge in [-0.25, -0.2) is 4.98 Å². The largest absolute Gasteiger partial charge is 0.369 e. The van der Waals surface area contributed by atoms with Gasteiger partial charge in [-0.1, -0.05) is 23.8 Å². The molecule has 0 radical (unpaired) electrons. The minimum absolute atomic E-state index is 0.0473. The van der Waals surface area contributed by atoms with E-state index in [2.05, 4.69) is 26.8 Å². The molecule has 0 aliphatic carbocycles. The third-order valence-corrected chi connectivity index (χ3v) is 6.47. The van der Waals surface area contributed by atoms with Crippen molar-refractivity contribution in [1.82, 2.24) is 4.98 Å². The van der Waals surface area contributed by atoms with Crippen LogP contribution in [0.25, 0.3) is 16.8 Å². The van der Waals surface area contributed by atoms with Gasteiger partial charge in [0.1, 0.15) is 16.6 Å². The Kier molecular flexibility index (Phi) is 6.39. The number of guanidine groups is 1. The Morgan fingerprint density at radius 2 is 1.90 bits per heavy atom. The number of benzene rings is 2. The number of nitriles is 1. The summed E-state index contributed by atoms with van der Waals surface area (Å²) >= 11 is 1.38. The van der Waals surface area contributed by atoms with Gasteiger partial charge in [0.2, 0.25) is 5.96 Å². The number of aryl methyl sites for hydroxylation is 2. The van der Waals surface area contributed by atoms with Crippen molar-refractivity contribution in [3.05, 3.63) is 70.2 Å². The van der Waals surface area contributed by atoms with Crippen molar-refractivity contribution in [2.75, 3.05) is 5.32 Å². The second kappa shape index (κ2) is 8.99. The smallest absolute Gasteiger partial charge is 0.285 e. The van der Waals surface area contributed by atoms with Gasteiger partial charge in [0.15, 0.2) is 0 Å². The summed E-state index contributed by atoms with van der Waals surface area (Å²) in [5, 5.41) is 15.0. The fourth-order valence-corrected chi connectivity index (χ4v) is 4.48. The molecule has 0 aliphatic heterocycles. The molecule has 158 valence electrons. The van der Waals surface area contributed by atoms with E-state index in [0.717, 1.165) is 16.8 Å². The van der Waals surface area contributed by atoms with Gasteiger partial charge in [-0.3, -0.25) is 0 Å². The van der Waals surface area contributed by atoms with E-state index in [0.29, 0.717) is 16.3 Å². The maximum atomic E-state index is 12.0. The third kappa shape index (κ3) is 5.28. The first kappa shape index (κ1) is 22.0. The number of hydrogen-bond donors (Lipinski definition) is 3. The molecule has 0 unspecified atom stereocenters. The molecule has 0 amide bonds. The van der Waals surface area contributed by atoms with Crippen molar-refractivity contribution in [3.63, 3.8) is 0 Å². The van der Waals surface area contributed by atoms with Crippen molar-refractivity contribution >= 4 is 38.6 Å². The molecule has 31 heavy (non-hydrogen) atoms. The average Bonchev–Trinajstić information content (AvgIpc) is 3.17. The molecule has 3 rings (SSSR count). The number of anilines is 1. The fraction of sp³-hybridized carbons (Fsp3) is 0.0952. The molecule has 5 N–H and O–H groups in total. The number of aromatic nitrogens is 1. The van der Waals surface area contributed by atoms with Crippen LogP contribution in [0.5, 0.6) is 0 Å². The number of hydrogen-bond acceptors (Lipinski definition) is 6. The molecule has 0 spiro atoms. The lowest BCUT2D eigenvalue weighted by Gasteiger charge is -2.04. The Labute approximate surface area is 184 Å². The first-order valence-electron chi connectivity index (χ1n) is 9.06. The Bertz CT molecular complexity index is 1310. The zero-order chi connectivity index (χ0) is 22.6. The van der Waals surface area contributed by atoms with E-state index in [1.165, 1.54) is 35.2 Å². The number of sulfonamides is 1. The van der Waals surface area contributed by atoms with Crippen molar-refractivity contribution in [2.45, 2.75) is 18.7 Å². The van der Waals surface area contributed by atoms with Crippen LogP contribution >= 0.6 is 11.3 Å². The lowest BCUT2D eigenvalue weighted by Crippen LogP contribution is -2.24. The number of allylic oxidation sites excluding steroid dienone is 1. The van der Waals surface area contributed by atoms with E-state index in [1.54, 1.807) is 12.1 Å². The first-order chi connectivity index (χ1) is 14.7. The molecule has 2 aromatic carbocycles. The second-order valence-electron chi connectivity index (χ2n) is 6.69. The van der Waals surface area contributed by atoms with Crippen LogP contribution in [0.1, 0.15) is 16.1 Å². The van der Waals surface area contributed by atoms with E-state index in [-0.39, 0.29) is 4.90 Å². The fourth-order valence-electron chi connectivity index (χ4n) is 2.83. The highest BCUT2D eigenvalue weighted by atomic mass is 32.2. The highest BCUT2D eigenvalue weighted by Gasteiger charge is 2.13. The normalized spacial score (nSPS) is 11.6. The molecule has 8 nitrogen and oxygen atoms in total. The molecule has 1 heterocycles. The highest BCUT2D eigenvalue weighted by molar-refractivity contribution is 7.90. The van der Waals surface area contributed by atoms with Crippen LogP contribution < -0.4 is 16.8 Å². The molecule has 0 saturated heterocycles. The predicted octanol–water partition coefficient (Wildman–Crippen LogP) is 3.37. The maximum Gasteiger partial charge on any atom is 0.285 e. The predicted molar refractivity (Wildman–Crippen MR) is 124 cm³/mol. The van der Waals surface area contributed by atoms with Gasteiger partial charge < -0.3 is 16.8 Å². The van der Waals surface area contributed by atoms with E-state index >= 15 is 0 Å². The molecular weight excluding hydrogens is 432 g/mol. The van der Waals surface area contributed by atoms with Crippen LogP contribution in [0.3, 0.4) is 0 Å². The Hall–Kier alpha value is -3.68. The SMILES string of the molecule is Cc1ccc(-c2csc(/C(C#N)=C/Nc3ccc(S(=O)(=O)N=C(N)N)cc3)n2)c(C)c1. The maximum absolute atomic E-state index is 12.0. The molecular formula is C21H20N6O2S2. The average molecular weight is 453 g/mol. The lowest BCUT2D eigenvalue weighted by molar-refractivity contribution is 0.598. The van der Waals surface area contributed by atoms with Crippen LogP contribution in [0, 0.1) is 25.2 Å². The Morgan fingerprint density at radius 3 is 2.52 bits per heavy atom. The third-order valence-electron chi connectivity index (χ3n) is 4.27. The molecule has 0 fully saturated rings. The number of thiazole rings is 1. The van der Waals surface area contributed by atoms with Gasteiger partial charge in [0.25, 0.3) is 10.0 Å². The van der Waals surface area contributed by atoms with Gasteiger partial charge in [-0.2, -0.15) is 13.7 Å². The van der Waals surface area contributed by atoms with Crippen LogP contribution in [0.2, 0.25) is 0 Å². The monoisotopic (exact) mass is 452 g/mol. The van der Waals surface area contributed by atoms with Crippen LogP contribution in [-0.4, -0.2) is 19.4 Å². The molecule has 0 aliphatic rings. The first-order valence-corrected chi connectivity index (χ1v) is 11.4. The zero-order valence-electron chi connectivity index (χ0n) is 16.8. The van der Waals surface area contributed by atoms with Crippen molar-refractivity contribution in [2.24, 2.45) is 15.9 Å². The topological polar surface area (TPSA) is 147 Å². The van der Waals surface area contributed by atoms with Gasteiger partial charge in [0, 0.05) is 22.8 Å².